The Balaban J connectivity index is 1.96. The third-order valence-electron chi connectivity index (χ3n) is 2.85. The number of aromatic nitrogens is 1. The van der Waals surface area contributed by atoms with E-state index in [9.17, 15) is 9.18 Å². The number of nitrogens with one attached hydrogen (secondary N) is 2. The summed E-state index contributed by atoms with van der Waals surface area (Å²) in [6.45, 7) is 1.77. The maximum atomic E-state index is 12.9. The molecule has 2 heterocycles. The summed E-state index contributed by atoms with van der Waals surface area (Å²) in [5, 5.41) is 6.16. The molecule has 5 heteroatoms. The summed E-state index contributed by atoms with van der Waals surface area (Å²) in [4.78, 5) is 15.5. The number of nitrogens with zero attached hydrogens (tertiary/aromatic N) is 1. The molecule has 0 saturated carbocycles. The molecule has 1 aliphatic rings. The molecule has 1 amide bonds. The van der Waals surface area contributed by atoms with Crippen LogP contribution in [0.5, 0.6) is 0 Å². The topological polar surface area (TPSA) is 54.0 Å². The molecule has 0 aliphatic carbocycles. The van der Waals surface area contributed by atoms with Gasteiger partial charge in [-0.05, 0) is 25.5 Å². The molecule has 1 aromatic heterocycles. The summed E-state index contributed by atoms with van der Waals surface area (Å²) in [7, 11) is 0. The number of pyridine rings is 1. The number of carbonyl (C=O) groups is 1. The normalized spacial score (nSPS) is 20.6. The molecule has 2 N–H and O–H groups in total. The van der Waals surface area contributed by atoms with Crippen LogP contribution in [-0.2, 0) is 0 Å². The molecule has 92 valence electrons. The second kappa shape index (κ2) is 5.72. The van der Waals surface area contributed by atoms with Gasteiger partial charge in [0, 0.05) is 18.8 Å². The minimum absolute atomic E-state index is 0.119. The van der Waals surface area contributed by atoms with Crippen molar-refractivity contribution in [2.75, 3.05) is 13.1 Å². The van der Waals surface area contributed by atoms with Gasteiger partial charge in [-0.15, -0.1) is 0 Å². The highest BCUT2D eigenvalue weighted by atomic mass is 19.1. The molecule has 2 rings (SSSR count). The zero-order valence-corrected chi connectivity index (χ0v) is 9.58. The Kier molecular flexibility index (Phi) is 4.03. The highest BCUT2D eigenvalue weighted by Gasteiger charge is 2.15. The molecule has 1 saturated heterocycles. The van der Waals surface area contributed by atoms with E-state index < -0.39 is 5.82 Å². The van der Waals surface area contributed by atoms with Gasteiger partial charge in [0.05, 0.1) is 11.8 Å². The van der Waals surface area contributed by atoms with Crippen molar-refractivity contribution in [1.29, 1.82) is 0 Å². The van der Waals surface area contributed by atoms with E-state index in [4.69, 9.17) is 0 Å². The van der Waals surface area contributed by atoms with Gasteiger partial charge in [0.25, 0.3) is 5.91 Å². The molecule has 17 heavy (non-hydrogen) atoms. The van der Waals surface area contributed by atoms with Crippen molar-refractivity contribution < 1.29 is 9.18 Å². The van der Waals surface area contributed by atoms with Gasteiger partial charge in [-0.2, -0.15) is 0 Å². The molecule has 0 radical (unpaired) electrons. The quantitative estimate of drug-likeness (QED) is 0.809. The van der Waals surface area contributed by atoms with Crippen LogP contribution >= 0.6 is 0 Å². The molecule has 4 nitrogen and oxygen atoms in total. The smallest absolute Gasteiger partial charge is 0.253 e. The lowest BCUT2D eigenvalue weighted by atomic mass is 10.1. The maximum absolute atomic E-state index is 12.9. The van der Waals surface area contributed by atoms with Crippen molar-refractivity contribution in [2.24, 2.45) is 0 Å². The molecule has 1 aliphatic heterocycles. The largest absolute Gasteiger partial charge is 0.348 e. The van der Waals surface area contributed by atoms with Gasteiger partial charge >= 0.3 is 0 Å². The molecule has 1 aromatic rings. The number of hydrogen-bond acceptors (Lipinski definition) is 3. The van der Waals surface area contributed by atoms with Crippen LogP contribution in [0.15, 0.2) is 18.5 Å². The standard InChI is InChI=1S/C12H16FN3O/c13-10-5-9(6-15-7-10)12(17)16-11-3-1-2-4-14-8-11/h5-7,11,14H,1-4,8H2,(H,16,17). The molecule has 0 spiro atoms. The summed E-state index contributed by atoms with van der Waals surface area (Å²) in [5.74, 6) is -0.748. The highest BCUT2D eigenvalue weighted by molar-refractivity contribution is 5.94. The number of amides is 1. The number of hydrogen-bond donors (Lipinski definition) is 2. The minimum atomic E-state index is -0.489. The molecular weight excluding hydrogens is 221 g/mol. The van der Waals surface area contributed by atoms with Gasteiger partial charge in [0.1, 0.15) is 5.82 Å². The summed E-state index contributed by atoms with van der Waals surface area (Å²) < 4.78 is 12.9. The fraction of sp³-hybridized carbons (Fsp3) is 0.500. The predicted octanol–water partition coefficient (Wildman–Crippen LogP) is 1.09. The van der Waals surface area contributed by atoms with Gasteiger partial charge in [0.2, 0.25) is 0 Å². The number of rotatable bonds is 2. The van der Waals surface area contributed by atoms with Crippen molar-refractivity contribution in [2.45, 2.75) is 25.3 Å². The lowest BCUT2D eigenvalue weighted by Crippen LogP contribution is -2.40. The first-order valence-electron chi connectivity index (χ1n) is 5.88. The molecule has 1 unspecified atom stereocenters. The Labute approximate surface area is 99.6 Å². The molecule has 1 atom stereocenters. The second-order valence-electron chi connectivity index (χ2n) is 4.26. The second-order valence-corrected chi connectivity index (χ2v) is 4.26. The van der Waals surface area contributed by atoms with Crippen LogP contribution < -0.4 is 10.6 Å². The van der Waals surface area contributed by atoms with E-state index in [-0.39, 0.29) is 17.5 Å². The predicted molar refractivity (Wildman–Crippen MR) is 62.2 cm³/mol. The summed E-state index contributed by atoms with van der Waals surface area (Å²) >= 11 is 0. The molecule has 0 bridgehead atoms. The van der Waals surface area contributed by atoms with Crippen molar-refractivity contribution in [3.63, 3.8) is 0 Å². The van der Waals surface area contributed by atoms with Crippen molar-refractivity contribution in [3.8, 4) is 0 Å². The van der Waals surface area contributed by atoms with E-state index in [2.05, 4.69) is 15.6 Å². The lowest BCUT2D eigenvalue weighted by molar-refractivity contribution is 0.0934. The average molecular weight is 237 g/mol. The van der Waals surface area contributed by atoms with E-state index in [1.807, 2.05) is 0 Å². The zero-order valence-electron chi connectivity index (χ0n) is 9.58. The SMILES string of the molecule is O=C(NC1CCCCNC1)c1cncc(F)c1. The van der Waals surface area contributed by atoms with Crippen molar-refractivity contribution >= 4 is 5.91 Å². The van der Waals surface area contributed by atoms with Gasteiger partial charge in [-0.25, -0.2) is 4.39 Å². The lowest BCUT2D eigenvalue weighted by Gasteiger charge is -2.16. The zero-order chi connectivity index (χ0) is 12.1. The fourth-order valence-corrected chi connectivity index (χ4v) is 1.95. The van der Waals surface area contributed by atoms with Gasteiger partial charge in [-0.1, -0.05) is 6.42 Å². The highest BCUT2D eigenvalue weighted by Crippen LogP contribution is 2.06. The van der Waals surface area contributed by atoms with Crippen molar-refractivity contribution in [1.82, 2.24) is 15.6 Å². The third kappa shape index (κ3) is 3.49. The van der Waals surface area contributed by atoms with E-state index in [1.165, 1.54) is 12.3 Å². The average Bonchev–Trinajstić information content (AvgIpc) is 2.57. The monoisotopic (exact) mass is 237 g/mol. The van der Waals surface area contributed by atoms with E-state index >= 15 is 0 Å². The van der Waals surface area contributed by atoms with E-state index in [0.717, 1.165) is 38.5 Å². The first-order chi connectivity index (χ1) is 8.25. The number of halogens is 1. The first-order valence-corrected chi connectivity index (χ1v) is 5.88. The van der Waals surface area contributed by atoms with Crippen LogP contribution in [0.25, 0.3) is 0 Å². The van der Waals surface area contributed by atoms with Gasteiger partial charge in [-0.3, -0.25) is 9.78 Å². The third-order valence-corrected chi connectivity index (χ3v) is 2.85. The van der Waals surface area contributed by atoms with Gasteiger partial charge in [0.15, 0.2) is 0 Å². The Morgan fingerprint density at radius 1 is 1.47 bits per heavy atom. The molecule has 1 fully saturated rings. The Morgan fingerprint density at radius 2 is 2.35 bits per heavy atom. The Morgan fingerprint density at radius 3 is 3.18 bits per heavy atom. The summed E-state index contributed by atoms with van der Waals surface area (Å²) in [5.41, 5.74) is 0.272. The molecule has 0 aromatic carbocycles. The van der Waals surface area contributed by atoms with Crippen LogP contribution in [0.4, 0.5) is 4.39 Å². The van der Waals surface area contributed by atoms with Gasteiger partial charge < -0.3 is 10.6 Å². The number of carbonyl (C=O) groups excluding carboxylic acids is 1. The first kappa shape index (κ1) is 12.0. The maximum Gasteiger partial charge on any atom is 0.253 e. The Bertz CT molecular complexity index is 389. The summed E-state index contributed by atoms with van der Waals surface area (Å²) in [6.07, 6.45) is 5.65. The van der Waals surface area contributed by atoms with E-state index in [0.29, 0.717) is 0 Å². The fourth-order valence-electron chi connectivity index (χ4n) is 1.95. The van der Waals surface area contributed by atoms with Crippen LogP contribution in [0.2, 0.25) is 0 Å². The van der Waals surface area contributed by atoms with E-state index in [1.54, 1.807) is 0 Å². The Hall–Kier alpha value is -1.49. The van der Waals surface area contributed by atoms with Crippen LogP contribution in [0.3, 0.4) is 0 Å². The van der Waals surface area contributed by atoms with Crippen LogP contribution in [0, 0.1) is 5.82 Å². The van der Waals surface area contributed by atoms with Crippen LogP contribution in [0.1, 0.15) is 29.6 Å². The van der Waals surface area contributed by atoms with Crippen molar-refractivity contribution in [3.05, 3.63) is 29.8 Å². The summed E-state index contributed by atoms with van der Waals surface area (Å²) in [6, 6.07) is 1.32. The molecular formula is C12H16FN3O. The van der Waals surface area contributed by atoms with Crippen LogP contribution in [-0.4, -0.2) is 30.0 Å². The minimum Gasteiger partial charge on any atom is -0.348 e.